The second kappa shape index (κ2) is 8.35. The Hall–Kier alpha value is -2.00. The highest BCUT2D eigenvalue weighted by Gasteiger charge is 2.43. The van der Waals surface area contributed by atoms with Crippen LogP contribution in [-0.2, 0) is 4.74 Å². The van der Waals surface area contributed by atoms with Crippen LogP contribution in [0.5, 0.6) is 0 Å². The molecule has 0 saturated heterocycles. The molecule has 3 nitrogen and oxygen atoms in total. The van der Waals surface area contributed by atoms with Crippen molar-refractivity contribution in [1.29, 1.82) is 0 Å². The van der Waals surface area contributed by atoms with Gasteiger partial charge in [0, 0.05) is 11.4 Å². The Morgan fingerprint density at radius 2 is 0.889 bits per heavy atom. The lowest BCUT2D eigenvalue weighted by Crippen LogP contribution is -2.55. The fraction of sp³-hybridized carbons (Fsp3) is 0.500. The van der Waals surface area contributed by atoms with Crippen molar-refractivity contribution in [3.63, 3.8) is 0 Å². The summed E-state index contributed by atoms with van der Waals surface area (Å²) in [4.78, 5) is 0. The van der Waals surface area contributed by atoms with Gasteiger partial charge in [-0.1, -0.05) is 49.2 Å². The summed E-state index contributed by atoms with van der Waals surface area (Å²) >= 11 is 0. The molecule has 2 aromatic carbocycles. The van der Waals surface area contributed by atoms with Gasteiger partial charge < -0.3 is 15.4 Å². The summed E-state index contributed by atoms with van der Waals surface area (Å²) < 4.78 is 7.09. The van der Waals surface area contributed by atoms with Crippen LogP contribution < -0.4 is 10.6 Å². The summed E-state index contributed by atoms with van der Waals surface area (Å²) in [7, 11) is 0. The van der Waals surface area contributed by atoms with Gasteiger partial charge in [-0.25, -0.2) is 0 Å². The summed E-state index contributed by atoms with van der Waals surface area (Å²) in [5.41, 5.74) is 1.76. The highest BCUT2D eigenvalue weighted by atomic mass is 16.6. The molecular weight excluding hydrogens is 332 g/mol. The zero-order valence-electron chi connectivity index (χ0n) is 16.3. The number of para-hydroxylation sites is 2. The Balaban J connectivity index is 1.59. The molecule has 2 N–H and O–H groups in total. The van der Waals surface area contributed by atoms with Crippen LogP contribution in [-0.4, -0.2) is 11.4 Å². The van der Waals surface area contributed by atoms with Crippen LogP contribution in [0.15, 0.2) is 60.7 Å². The molecule has 27 heavy (non-hydrogen) atoms. The first-order valence-electron chi connectivity index (χ1n) is 10.6. The molecule has 0 spiro atoms. The quantitative estimate of drug-likeness (QED) is 0.570. The predicted molar refractivity (Wildman–Crippen MR) is 113 cm³/mol. The first kappa shape index (κ1) is 18.4. The molecule has 2 saturated carbocycles. The third kappa shape index (κ3) is 4.65. The Kier molecular flexibility index (Phi) is 5.68. The maximum atomic E-state index is 7.09. The molecule has 2 aliphatic rings. The summed E-state index contributed by atoms with van der Waals surface area (Å²) in [6.07, 6.45) is 11.8. The Labute approximate surface area is 163 Å². The first-order chi connectivity index (χ1) is 13.3. The highest BCUT2D eigenvalue weighted by molar-refractivity contribution is 5.46. The number of hydrogen-bond donors (Lipinski definition) is 2. The van der Waals surface area contributed by atoms with E-state index in [4.69, 9.17) is 4.74 Å². The standard InChI is InChI=1S/C24H32N2O/c1-5-13-21(14-6-1)25-23(17-9-3-10-18-23)27-24(19-11-4-12-20-24)26-22-15-7-2-8-16-22/h1-2,5-8,13-16,25-26H,3-4,9-12,17-20H2. The monoisotopic (exact) mass is 364 g/mol. The van der Waals surface area contributed by atoms with Crippen molar-refractivity contribution in [1.82, 2.24) is 0 Å². The van der Waals surface area contributed by atoms with E-state index >= 15 is 0 Å². The molecule has 0 amide bonds. The lowest BCUT2D eigenvalue weighted by molar-refractivity contribution is -0.157. The van der Waals surface area contributed by atoms with Crippen LogP contribution in [0.3, 0.4) is 0 Å². The van der Waals surface area contributed by atoms with Gasteiger partial charge in [-0.2, -0.15) is 0 Å². The summed E-state index contributed by atoms with van der Waals surface area (Å²) in [6.45, 7) is 0. The number of hydrogen-bond acceptors (Lipinski definition) is 3. The van der Waals surface area contributed by atoms with Gasteiger partial charge in [0.15, 0.2) is 0 Å². The molecule has 0 heterocycles. The van der Waals surface area contributed by atoms with Gasteiger partial charge in [0.05, 0.1) is 0 Å². The number of nitrogens with one attached hydrogen (secondary N) is 2. The molecule has 0 aromatic heterocycles. The minimum atomic E-state index is -0.279. The van der Waals surface area contributed by atoms with Gasteiger partial charge in [-0.15, -0.1) is 0 Å². The molecule has 0 atom stereocenters. The molecule has 2 aromatic rings. The van der Waals surface area contributed by atoms with Crippen molar-refractivity contribution in [2.75, 3.05) is 10.6 Å². The summed E-state index contributed by atoms with van der Waals surface area (Å²) in [6, 6.07) is 21.1. The Morgan fingerprint density at radius 3 is 1.26 bits per heavy atom. The van der Waals surface area contributed by atoms with Gasteiger partial charge in [0.2, 0.25) is 0 Å². The Morgan fingerprint density at radius 1 is 0.519 bits per heavy atom. The lowest BCUT2D eigenvalue weighted by Gasteiger charge is -2.48. The summed E-state index contributed by atoms with van der Waals surface area (Å²) in [5.74, 6) is 0. The van der Waals surface area contributed by atoms with Crippen LogP contribution >= 0.6 is 0 Å². The lowest BCUT2D eigenvalue weighted by atomic mass is 9.87. The fourth-order valence-electron chi connectivity index (χ4n) is 4.69. The molecule has 2 fully saturated rings. The van der Waals surface area contributed by atoms with Crippen LogP contribution in [0.2, 0.25) is 0 Å². The maximum absolute atomic E-state index is 7.09. The summed E-state index contributed by atoms with van der Waals surface area (Å²) in [5, 5.41) is 7.58. The molecular formula is C24H32N2O. The van der Waals surface area contributed by atoms with Gasteiger partial charge in [-0.3, -0.25) is 0 Å². The van der Waals surface area contributed by atoms with E-state index in [-0.39, 0.29) is 11.4 Å². The molecule has 0 bridgehead atoms. The van der Waals surface area contributed by atoms with Crippen molar-refractivity contribution in [3.05, 3.63) is 60.7 Å². The maximum Gasteiger partial charge on any atom is 0.141 e. The molecule has 0 unspecified atom stereocenters. The molecule has 0 radical (unpaired) electrons. The van der Waals surface area contributed by atoms with Gasteiger partial charge in [-0.05, 0) is 75.6 Å². The van der Waals surface area contributed by atoms with Gasteiger partial charge in [0.25, 0.3) is 0 Å². The fourth-order valence-corrected chi connectivity index (χ4v) is 4.69. The van der Waals surface area contributed by atoms with Crippen LogP contribution in [0.25, 0.3) is 0 Å². The van der Waals surface area contributed by atoms with E-state index < -0.39 is 0 Å². The average molecular weight is 365 g/mol. The zero-order chi connectivity index (χ0) is 18.4. The van der Waals surface area contributed by atoms with Gasteiger partial charge in [0.1, 0.15) is 11.4 Å². The third-order valence-electron chi connectivity index (χ3n) is 6.01. The van der Waals surface area contributed by atoms with E-state index in [0.29, 0.717) is 0 Å². The SMILES string of the molecule is c1ccc(NC2(OC3(Nc4ccccc4)CCCCC3)CCCCC2)cc1. The topological polar surface area (TPSA) is 33.3 Å². The molecule has 4 rings (SSSR count). The molecule has 144 valence electrons. The number of ether oxygens (including phenoxy) is 1. The van der Waals surface area contributed by atoms with E-state index in [1.54, 1.807) is 0 Å². The van der Waals surface area contributed by atoms with Crippen molar-refractivity contribution in [3.8, 4) is 0 Å². The number of benzene rings is 2. The molecule has 0 aliphatic heterocycles. The highest BCUT2D eigenvalue weighted by Crippen LogP contribution is 2.41. The largest absolute Gasteiger partial charge is 0.358 e. The van der Waals surface area contributed by atoms with Crippen molar-refractivity contribution >= 4 is 11.4 Å². The Bertz CT molecular complexity index is 627. The molecule has 3 heteroatoms. The van der Waals surface area contributed by atoms with E-state index in [2.05, 4.69) is 71.3 Å². The van der Waals surface area contributed by atoms with Crippen molar-refractivity contribution in [2.24, 2.45) is 0 Å². The second-order valence-corrected chi connectivity index (χ2v) is 8.19. The zero-order valence-corrected chi connectivity index (χ0v) is 16.3. The average Bonchev–Trinajstić information content (AvgIpc) is 2.70. The number of rotatable bonds is 6. The third-order valence-corrected chi connectivity index (χ3v) is 6.01. The smallest absolute Gasteiger partial charge is 0.141 e. The van der Waals surface area contributed by atoms with Crippen LogP contribution in [0.4, 0.5) is 11.4 Å². The minimum Gasteiger partial charge on any atom is -0.358 e. The minimum absolute atomic E-state index is 0.279. The molecule has 2 aliphatic carbocycles. The van der Waals surface area contributed by atoms with Crippen molar-refractivity contribution < 1.29 is 4.74 Å². The van der Waals surface area contributed by atoms with E-state index in [9.17, 15) is 0 Å². The van der Waals surface area contributed by atoms with Crippen LogP contribution in [0, 0.1) is 0 Å². The first-order valence-corrected chi connectivity index (χ1v) is 10.6. The second-order valence-electron chi connectivity index (χ2n) is 8.19. The van der Waals surface area contributed by atoms with E-state index in [0.717, 1.165) is 37.1 Å². The number of anilines is 2. The normalized spacial score (nSPS) is 21.3. The van der Waals surface area contributed by atoms with Crippen LogP contribution in [0.1, 0.15) is 64.2 Å². The van der Waals surface area contributed by atoms with Crippen molar-refractivity contribution in [2.45, 2.75) is 75.7 Å². The van der Waals surface area contributed by atoms with E-state index in [1.165, 1.54) is 38.5 Å². The predicted octanol–water partition coefficient (Wildman–Crippen LogP) is 6.55. The van der Waals surface area contributed by atoms with Gasteiger partial charge >= 0.3 is 0 Å². The van der Waals surface area contributed by atoms with E-state index in [1.807, 2.05) is 0 Å².